The van der Waals surface area contributed by atoms with E-state index >= 15 is 0 Å². The van der Waals surface area contributed by atoms with Crippen LogP contribution in [-0.4, -0.2) is 29.6 Å². The van der Waals surface area contributed by atoms with Crippen LogP contribution in [0.1, 0.15) is 37.0 Å². The summed E-state index contributed by atoms with van der Waals surface area (Å²) < 4.78 is 11.2. The first-order chi connectivity index (χ1) is 12.8. The van der Waals surface area contributed by atoms with Crippen LogP contribution >= 0.6 is 0 Å². The second kappa shape index (κ2) is 7.42. The number of carboxylic acids is 1. The minimum Gasteiger partial charge on any atom is -0.483 e. The Morgan fingerprint density at radius 3 is 2.63 bits per heavy atom. The van der Waals surface area contributed by atoms with Crippen LogP contribution < -0.4 is 15.7 Å². The molecule has 0 bridgehead atoms. The molecule has 0 fully saturated rings. The molecule has 144 valence electrons. The molecule has 0 aliphatic heterocycles. The number of rotatable bonds is 6. The quantitative estimate of drug-likeness (QED) is 0.752. The molecule has 1 aromatic heterocycles. The molecule has 2 N–H and O–H groups in total. The van der Waals surface area contributed by atoms with Crippen molar-refractivity contribution in [3.05, 3.63) is 39.2 Å². The standard InChI is InChI=1S/C20H23NO6/c1-10(2)18(19(23)24)21-16(22)9-26-14-7-11(3)8-15-17(14)12-5-4-6-13(12)20(25)27-15/h7-8,10,18H,4-6,9H2,1-3H3,(H,21,22)(H,23,24). The van der Waals surface area contributed by atoms with Gasteiger partial charge in [0, 0.05) is 5.56 Å². The van der Waals surface area contributed by atoms with E-state index < -0.39 is 17.9 Å². The molecule has 1 atom stereocenters. The Morgan fingerprint density at radius 1 is 1.26 bits per heavy atom. The summed E-state index contributed by atoms with van der Waals surface area (Å²) in [5.41, 5.74) is 2.56. The highest BCUT2D eigenvalue weighted by atomic mass is 16.5. The monoisotopic (exact) mass is 373 g/mol. The number of benzene rings is 1. The molecule has 1 aromatic carbocycles. The molecule has 1 heterocycles. The first kappa shape index (κ1) is 18.9. The minimum atomic E-state index is -1.08. The van der Waals surface area contributed by atoms with E-state index in [1.807, 2.05) is 6.92 Å². The van der Waals surface area contributed by atoms with Gasteiger partial charge in [0.25, 0.3) is 5.91 Å². The van der Waals surface area contributed by atoms with Crippen molar-refractivity contribution in [2.24, 2.45) is 5.92 Å². The maximum absolute atomic E-state index is 12.2. The van der Waals surface area contributed by atoms with Gasteiger partial charge < -0.3 is 19.6 Å². The fourth-order valence-electron chi connectivity index (χ4n) is 3.49. The molecule has 1 amide bonds. The number of amides is 1. The van der Waals surface area contributed by atoms with Crippen molar-refractivity contribution >= 4 is 22.8 Å². The Labute approximate surface area is 156 Å². The normalized spacial score (nSPS) is 14.2. The average molecular weight is 373 g/mol. The molecule has 27 heavy (non-hydrogen) atoms. The van der Waals surface area contributed by atoms with Gasteiger partial charge in [-0.25, -0.2) is 9.59 Å². The van der Waals surface area contributed by atoms with E-state index in [2.05, 4.69) is 5.32 Å². The molecule has 1 aliphatic rings. The highest BCUT2D eigenvalue weighted by Gasteiger charge is 2.25. The van der Waals surface area contributed by atoms with Gasteiger partial charge in [0.05, 0.1) is 5.39 Å². The van der Waals surface area contributed by atoms with Gasteiger partial charge in [-0.1, -0.05) is 13.8 Å². The number of hydrogen-bond acceptors (Lipinski definition) is 5. The first-order valence-electron chi connectivity index (χ1n) is 9.02. The van der Waals surface area contributed by atoms with Gasteiger partial charge in [-0.3, -0.25) is 4.79 Å². The number of carbonyl (C=O) groups excluding carboxylic acids is 1. The predicted octanol–water partition coefficient (Wildman–Crippen LogP) is 2.19. The third kappa shape index (κ3) is 3.82. The first-order valence-corrected chi connectivity index (χ1v) is 9.02. The zero-order valence-corrected chi connectivity index (χ0v) is 15.6. The Bertz CT molecular complexity index is 959. The molecule has 0 spiro atoms. The van der Waals surface area contributed by atoms with Gasteiger partial charge in [-0.15, -0.1) is 0 Å². The molecule has 3 rings (SSSR count). The number of nitrogens with one attached hydrogen (secondary N) is 1. The highest BCUT2D eigenvalue weighted by Crippen LogP contribution is 2.35. The largest absolute Gasteiger partial charge is 0.483 e. The van der Waals surface area contributed by atoms with Crippen LogP contribution in [0.15, 0.2) is 21.3 Å². The third-order valence-electron chi connectivity index (χ3n) is 4.79. The number of hydrogen-bond donors (Lipinski definition) is 2. The van der Waals surface area contributed by atoms with E-state index in [4.69, 9.17) is 9.15 Å². The van der Waals surface area contributed by atoms with E-state index in [0.717, 1.165) is 29.4 Å². The summed E-state index contributed by atoms with van der Waals surface area (Å²) >= 11 is 0. The van der Waals surface area contributed by atoms with Crippen molar-refractivity contribution in [2.45, 2.75) is 46.1 Å². The summed E-state index contributed by atoms with van der Waals surface area (Å²) in [6.07, 6.45) is 2.31. The van der Waals surface area contributed by atoms with E-state index in [-0.39, 0.29) is 18.2 Å². The van der Waals surface area contributed by atoms with Crippen LogP contribution in [0.25, 0.3) is 11.0 Å². The van der Waals surface area contributed by atoms with Crippen molar-refractivity contribution in [1.82, 2.24) is 5.32 Å². The van der Waals surface area contributed by atoms with Crippen molar-refractivity contribution in [3.8, 4) is 5.75 Å². The third-order valence-corrected chi connectivity index (χ3v) is 4.79. The van der Waals surface area contributed by atoms with Crippen molar-refractivity contribution in [3.63, 3.8) is 0 Å². The molecule has 1 unspecified atom stereocenters. The van der Waals surface area contributed by atoms with Crippen molar-refractivity contribution < 1.29 is 23.8 Å². The van der Waals surface area contributed by atoms with Crippen LogP contribution in [0.3, 0.4) is 0 Å². The van der Waals surface area contributed by atoms with Gasteiger partial charge in [0.2, 0.25) is 0 Å². The van der Waals surface area contributed by atoms with Crippen molar-refractivity contribution in [1.29, 1.82) is 0 Å². The molecule has 1 aliphatic carbocycles. The van der Waals surface area contributed by atoms with Crippen LogP contribution in [0.5, 0.6) is 5.75 Å². The molecule has 2 aromatic rings. The van der Waals surface area contributed by atoms with Crippen LogP contribution in [-0.2, 0) is 22.4 Å². The smallest absolute Gasteiger partial charge is 0.339 e. The lowest BCUT2D eigenvalue weighted by molar-refractivity contribution is -0.143. The fraction of sp³-hybridized carbons (Fsp3) is 0.450. The lowest BCUT2D eigenvalue weighted by Gasteiger charge is -2.18. The number of carboxylic acid groups (broad SMARTS) is 1. The summed E-state index contributed by atoms with van der Waals surface area (Å²) in [7, 11) is 0. The van der Waals surface area contributed by atoms with Gasteiger partial charge in [0.15, 0.2) is 6.61 Å². The van der Waals surface area contributed by atoms with Crippen LogP contribution in [0, 0.1) is 12.8 Å². The lowest BCUT2D eigenvalue weighted by Crippen LogP contribution is -2.46. The van der Waals surface area contributed by atoms with E-state index in [1.165, 1.54) is 0 Å². The van der Waals surface area contributed by atoms with Crippen molar-refractivity contribution in [2.75, 3.05) is 6.61 Å². The molecular weight excluding hydrogens is 350 g/mol. The summed E-state index contributed by atoms with van der Waals surface area (Å²) in [6.45, 7) is 4.97. The minimum absolute atomic E-state index is 0.246. The highest BCUT2D eigenvalue weighted by molar-refractivity contribution is 5.90. The number of carbonyl (C=O) groups is 2. The van der Waals surface area contributed by atoms with E-state index in [9.17, 15) is 19.5 Å². The predicted molar refractivity (Wildman–Crippen MR) is 99.1 cm³/mol. The Kier molecular flexibility index (Phi) is 5.21. The van der Waals surface area contributed by atoms with Gasteiger partial charge >= 0.3 is 11.6 Å². The van der Waals surface area contributed by atoms with Crippen LogP contribution in [0.4, 0.5) is 0 Å². The zero-order chi connectivity index (χ0) is 19.7. The summed E-state index contributed by atoms with van der Waals surface area (Å²) in [4.78, 5) is 35.5. The van der Waals surface area contributed by atoms with Gasteiger partial charge in [-0.05, 0) is 55.4 Å². The number of aliphatic carboxylic acids is 1. The fourth-order valence-corrected chi connectivity index (χ4v) is 3.49. The Morgan fingerprint density at radius 2 is 1.96 bits per heavy atom. The summed E-state index contributed by atoms with van der Waals surface area (Å²) in [5, 5.41) is 12.4. The SMILES string of the molecule is Cc1cc(OCC(=O)NC(C(=O)O)C(C)C)c2c3c(c(=O)oc2c1)CCC3. The molecule has 0 saturated heterocycles. The topological polar surface area (TPSA) is 106 Å². The Hall–Kier alpha value is -2.83. The Balaban J connectivity index is 1.87. The van der Waals surface area contributed by atoms with Crippen LogP contribution in [0.2, 0.25) is 0 Å². The maximum atomic E-state index is 12.2. The average Bonchev–Trinajstić information content (AvgIpc) is 3.06. The maximum Gasteiger partial charge on any atom is 0.339 e. The summed E-state index contributed by atoms with van der Waals surface area (Å²) in [5.74, 6) is -1.37. The molecule has 0 saturated carbocycles. The zero-order valence-electron chi connectivity index (χ0n) is 15.6. The number of fused-ring (bicyclic) bond motifs is 3. The molecule has 7 nitrogen and oxygen atoms in total. The van der Waals surface area contributed by atoms with E-state index in [0.29, 0.717) is 23.3 Å². The second-order valence-corrected chi connectivity index (χ2v) is 7.25. The number of ether oxygens (including phenoxy) is 1. The second-order valence-electron chi connectivity index (χ2n) is 7.25. The molecule has 0 radical (unpaired) electrons. The summed E-state index contributed by atoms with van der Waals surface area (Å²) in [6, 6.07) is 2.60. The molecule has 7 heteroatoms. The number of aryl methyl sites for hydroxylation is 2. The molecular formula is C20H23NO6. The van der Waals surface area contributed by atoms with Gasteiger partial charge in [-0.2, -0.15) is 0 Å². The van der Waals surface area contributed by atoms with E-state index in [1.54, 1.807) is 26.0 Å². The van der Waals surface area contributed by atoms with Gasteiger partial charge in [0.1, 0.15) is 17.4 Å². The lowest BCUT2D eigenvalue weighted by atomic mass is 10.0.